The molecule has 20 heavy (non-hydrogen) atoms. The third-order valence-electron chi connectivity index (χ3n) is 3.34. The van der Waals surface area contributed by atoms with Crippen LogP contribution in [0.4, 0.5) is 0 Å². The molecule has 1 amide bonds. The lowest BCUT2D eigenvalue weighted by molar-refractivity contribution is -0.130. The Bertz CT molecular complexity index is 575. The highest BCUT2D eigenvalue weighted by Crippen LogP contribution is 2.19. The van der Waals surface area contributed by atoms with E-state index in [-0.39, 0.29) is 12.0 Å². The van der Waals surface area contributed by atoms with Crippen LogP contribution in [0.5, 0.6) is 0 Å². The second-order valence-electron chi connectivity index (χ2n) is 4.81. The molecule has 0 unspecified atom stereocenters. The first kappa shape index (κ1) is 12.9. The van der Waals surface area contributed by atoms with Gasteiger partial charge in [-0.25, -0.2) is 0 Å². The van der Waals surface area contributed by atoms with E-state index in [2.05, 4.69) is 10.3 Å². The minimum absolute atomic E-state index is 0.0452. The normalized spacial score (nSPS) is 18.1. The summed E-state index contributed by atoms with van der Waals surface area (Å²) in [5, 5.41) is 2.89. The lowest BCUT2D eigenvalue weighted by atomic mass is 10.1. The zero-order chi connectivity index (χ0) is 13.8. The van der Waals surface area contributed by atoms with E-state index < -0.39 is 0 Å². The second kappa shape index (κ2) is 5.88. The Kier molecular flexibility index (Phi) is 3.78. The van der Waals surface area contributed by atoms with E-state index in [0.29, 0.717) is 13.2 Å². The monoisotopic (exact) mass is 272 g/mol. The van der Waals surface area contributed by atoms with E-state index >= 15 is 0 Å². The average Bonchev–Trinajstić information content (AvgIpc) is 3.17. The van der Waals surface area contributed by atoms with Gasteiger partial charge in [0.15, 0.2) is 0 Å². The Labute approximate surface area is 117 Å². The molecule has 1 aliphatic rings. The number of nitrogens with zero attached hydrogens (tertiary/aromatic N) is 1. The molecule has 1 saturated heterocycles. The molecule has 0 bridgehead atoms. The quantitative estimate of drug-likeness (QED) is 0.926. The largest absolute Gasteiger partial charge is 0.472 e. The van der Waals surface area contributed by atoms with Crippen molar-refractivity contribution in [3.8, 4) is 11.1 Å². The van der Waals surface area contributed by atoms with Crippen LogP contribution in [0.2, 0.25) is 0 Å². The first-order valence-corrected chi connectivity index (χ1v) is 6.69. The minimum Gasteiger partial charge on any atom is -0.472 e. The van der Waals surface area contributed by atoms with Crippen molar-refractivity contribution in [3.05, 3.63) is 42.6 Å². The fourth-order valence-electron chi connectivity index (χ4n) is 2.26. The Morgan fingerprint density at radius 2 is 2.35 bits per heavy atom. The van der Waals surface area contributed by atoms with E-state index in [0.717, 1.165) is 29.5 Å². The Balaban J connectivity index is 1.63. The molecule has 0 aliphatic carbocycles. The molecular formula is C15H16N2O3. The Morgan fingerprint density at radius 3 is 3.10 bits per heavy atom. The van der Waals surface area contributed by atoms with E-state index in [4.69, 9.17) is 9.15 Å². The fourth-order valence-corrected chi connectivity index (χ4v) is 2.26. The highest BCUT2D eigenvalue weighted by atomic mass is 16.5. The zero-order valence-electron chi connectivity index (χ0n) is 11.0. The maximum atomic E-state index is 11.9. The lowest BCUT2D eigenvalue weighted by Crippen LogP contribution is -2.33. The smallest absolute Gasteiger partial charge is 0.249 e. The number of ether oxygens (including phenoxy) is 1. The third kappa shape index (κ3) is 2.88. The number of rotatable bonds is 4. The van der Waals surface area contributed by atoms with Crippen LogP contribution < -0.4 is 5.32 Å². The predicted molar refractivity (Wildman–Crippen MR) is 72.8 cm³/mol. The summed E-state index contributed by atoms with van der Waals surface area (Å²) in [6.45, 7) is 1.13. The van der Waals surface area contributed by atoms with Gasteiger partial charge < -0.3 is 14.5 Å². The Morgan fingerprint density at radius 1 is 1.40 bits per heavy atom. The summed E-state index contributed by atoms with van der Waals surface area (Å²) in [6.07, 6.45) is 8.29. The first-order valence-electron chi connectivity index (χ1n) is 6.69. The van der Waals surface area contributed by atoms with Gasteiger partial charge in [-0.3, -0.25) is 9.78 Å². The molecular weight excluding hydrogens is 256 g/mol. The molecule has 2 aromatic heterocycles. The van der Waals surface area contributed by atoms with Crippen LogP contribution in [-0.4, -0.2) is 23.6 Å². The van der Waals surface area contributed by atoms with Crippen molar-refractivity contribution in [1.29, 1.82) is 0 Å². The van der Waals surface area contributed by atoms with Gasteiger partial charge in [0.05, 0.1) is 12.5 Å². The molecule has 0 radical (unpaired) electrons. The summed E-state index contributed by atoms with van der Waals surface area (Å²) >= 11 is 0. The molecule has 1 fully saturated rings. The van der Waals surface area contributed by atoms with Crippen molar-refractivity contribution >= 4 is 5.91 Å². The molecule has 1 N–H and O–H groups in total. The highest BCUT2D eigenvalue weighted by molar-refractivity contribution is 5.81. The fraction of sp³-hybridized carbons (Fsp3) is 0.333. The number of furan rings is 1. The molecule has 5 nitrogen and oxygen atoms in total. The van der Waals surface area contributed by atoms with Gasteiger partial charge >= 0.3 is 0 Å². The molecule has 1 atom stereocenters. The first-order chi connectivity index (χ1) is 9.83. The maximum absolute atomic E-state index is 11.9. The van der Waals surface area contributed by atoms with Crippen LogP contribution in [0.15, 0.2) is 41.5 Å². The summed E-state index contributed by atoms with van der Waals surface area (Å²) in [5.74, 6) is -0.0452. The standard InChI is InChI=1S/C15H16N2O3/c18-15(14-2-1-4-20-14)17-8-11-6-13(9-16-7-11)12-3-5-19-10-12/h3,5-7,9-10,14H,1-2,4,8H2,(H,17,18)/t14-/m0/s1. The van der Waals surface area contributed by atoms with E-state index in [1.807, 2.05) is 12.1 Å². The summed E-state index contributed by atoms with van der Waals surface area (Å²) in [7, 11) is 0. The second-order valence-corrected chi connectivity index (χ2v) is 4.81. The third-order valence-corrected chi connectivity index (χ3v) is 3.34. The molecule has 0 saturated carbocycles. The highest BCUT2D eigenvalue weighted by Gasteiger charge is 2.22. The number of aromatic nitrogens is 1. The number of carbonyl (C=O) groups is 1. The van der Waals surface area contributed by atoms with Gasteiger partial charge in [-0.05, 0) is 30.5 Å². The van der Waals surface area contributed by atoms with Gasteiger partial charge in [-0.15, -0.1) is 0 Å². The molecule has 104 valence electrons. The number of hydrogen-bond donors (Lipinski definition) is 1. The maximum Gasteiger partial charge on any atom is 0.249 e. The summed E-state index contributed by atoms with van der Waals surface area (Å²) < 4.78 is 10.4. The van der Waals surface area contributed by atoms with Gasteiger partial charge in [0.25, 0.3) is 0 Å². The van der Waals surface area contributed by atoms with Crippen molar-refractivity contribution in [2.24, 2.45) is 0 Å². The van der Waals surface area contributed by atoms with E-state index in [1.165, 1.54) is 0 Å². The van der Waals surface area contributed by atoms with Gasteiger partial charge in [-0.1, -0.05) is 0 Å². The summed E-state index contributed by atoms with van der Waals surface area (Å²) in [6, 6.07) is 3.87. The molecule has 2 aromatic rings. The topological polar surface area (TPSA) is 64.4 Å². The van der Waals surface area contributed by atoms with Crippen LogP contribution in [-0.2, 0) is 16.1 Å². The molecule has 3 heterocycles. The number of nitrogens with one attached hydrogen (secondary N) is 1. The number of carbonyl (C=O) groups excluding carboxylic acids is 1. The van der Waals surface area contributed by atoms with Crippen LogP contribution >= 0.6 is 0 Å². The van der Waals surface area contributed by atoms with Gasteiger partial charge in [-0.2, -0.15) is 0 Å². The minimum atomic E-state index is -0.292. The molecule has 0 spiro atoms. The molecule has 3 rings (SSSR count). The SMILES string of the molecule is O=C(NCc1cncc(-c2ccoc2)c1)[C@@H]1CCCO1. The Hall–Kier alpha value is -2.14. The predicted octanol–water partition coefficient (Wildman–Crippen LogP) is 2.14. The lowest BCUT2D eigenvalue weighted by Gasteiger charge is -2.10. The number of amides is 1. The van der Waals surface area contributed by atoms with Crippen molar-refractivity contribution in [2.45, 2.75) is 25.5 Å². The van der Waals surface area contributed by atoms with Crippen molar-refractivity contribution in [3.63, 3.8) is 0 Å². The van der Waals surface area contributed by atoms with Crippen LogP contribution in [0.25, 0.3) is 11.1 Å². The van der Waals surface area contributed by atoms with Crippen molar-refractivity contribution in [2.75, 3.05) is 6.61 Å². The van der Waals surface area contributed by atoms with Crippen molar-refractivity contribution < 1.29 is 13.9 Å². The molecule has 1 aliphatic heterocycles. The van der Waals surface area contributed by atoms with E-state index in [1.54, 1.807) is 24.9 Å². The average molecular weight is 272 g/mol. The van der Waals surface area contributed by atoms with Gasteiger partial charge in [0, 0.05) is 36.7 Å². The van der Waals surface area contributed by atoms with Crippen LogP contribution in [0.3, 0.4) is 0 Å². The van der Waals surface area contributed by atoms with Crippen molar-refractivity contribution in [1.82, 2.24) is 10.3 Å². The number of hydrogen-bond acceptors (Lipinski definition) is 4. The van der Waals surface area contributed by atoms with E-state index in [9.17, 15) is 4.79 Å². The molecule has 0 aromatic carbocycles. The van der Waals surface area contributed by atoms with Crippen LogP contribution in [0, 0.1) is 0 Å². The van der Waals surface area contributed by atoms with Crippen LogP contribution in [0.1, 0.15) is 18.4 Å². The molecule has 5 heteroatoms. The van der Waals surface area contributed by atoms with Gasteiger partial charge in [0.2, 0.25) is 5.91 Å². The zero-order valence-corrected chi connectivity index (χ0v) is 11.0. The summed E-state index contributed by atoms with van der Waals surface area (Å²) in [4.78, 5) is 16.1. The summed E-state index contributed by atoms with van der Waals surface area (Å²) in [5.41, 5.74) is 2.91. The van der Waals surface area contributed by atoms with Gasteiger partial charge in [0.1, 0.15) is 6.10 Å². The number of pyridine rings is 1.